The molecule has 0 aliphatic carbocycles. The highest BCUT2D eigenvalue weighted by atomic mass is 35.5. The Morgan fingerprint density at radius 3 is 2.55 bits per heavy atom. The van der Waals surface area contributed by atoms with Gasteiger partial charge in [0.15, 0.2) is 0 Å². The van der Waals surface area contributed by atoms with Crippen molar-refractivity contribution in [2.24, 2.45) is 5.73 Å². The van der Waals surface area contributed by atoms with Gasteiger partial charge in [0.05, 0.1) is 6.04 Å². The van der Waals surface area contributed by atoms with Crippen molar-refractivity contribution in [2.75, 3.05) is 6.54 Å². The topological polar surface area (TPSA) is 55.1 Å². The standard InChI is InChI=1S/C7H16N2O.ClH/c1-3-4-5-9-7(10)6(2)8;/h6H,3-5,8H2,1-2H3,(H,9,10);1H/t6-;/m0./s1. The SMILES string of the molecule is CCCCNC(=O)[C@H](C)N.Cl. The minimum Gasteiger partial charge on any atom is -0.355 e. The molecule has 68 valence electrons. The zero-order chi connectivity index (χ0) is 7.98. The first kappa shape index (κ1) is 13.3. The quantitative estimate of drug-likeness (QED) is 0.625. The lowest BCUT2D eigenvalue weighted by Crippen LogP contribution is -2.38. The van der Waals surface area contributed by atoms with Gasteiger partial charge < -0.3 is 11.1 Å². The molecule has 0 aromatic heterocycles. The number of nitrogens with two attached hydrogens (primary N) is 1. The van der Waals surface area contributed by atoms with Crippen LogP contribution in [0.4, 0.5) is 0 Å². The van der Waals surface area contributed by atoms with Gasteiger partial charge in [-0.25, -0.2) is 0 Å². The lowest BCUT2D eigenvalue weighted by atomic mass is 10.3. The van der Waals surface area contributed by atoms with Gasteiger partial charge >= 0.3 is 0 Å². The average molecular weight is 181 g/mol. The molecule has 0 unspecified atom stereocenters. The second-order valence-corrected chi connectivity index (χ2v) is 2.43. The summed E-state index contributed by atoms with van der Waals surface area (Å²) in [7, 11) is 0. The number of carbonyl (C=O) groups excluding carboxylic acids is 1. The molecular formula is C7H17ClN2O. The highest BCUT2D eigenvalue weighted by Crippen LogP contribution is 1.83. The van der Waals surface area contributed by atoms with Gasteiger partial charge in [0.1, 0.15) is 0 Å². The Morgan fingerprint density at radius 2 is 2.18 bits per heavy atom. The molecule has 0 saturated carbocycles. The van der Waals surface area contributed by atoms with Crippen LogP contribution in [0.25, 0.3) is 0 Å². The highest BCUT2D eigenvalue weighted by molar-refractivity contribution is 5.85. The summed E-state index contributed by atoms with van der Waals surface area (Å²) in [5.41, 5.74) is 5.31. The molecule has 0 rings (SSSR count). The molecule has 4 heteroatoms. The Kier molecular flexibility index (Phi) is 9.47. The monoisotopic (exact) mass is 180 g/mol. The Hall–Kier alpha value is -0.280. The molecule has 0 aromatic carbocycles. The molecule has 0 spiro atoms. The molecule has 1 amide bonds. The number of nitrogens with one attached hydrogen (secondary N) is 1. The minimum atomic E-state index is -0.378. The second kappa shape index (κ2) is 7.82. The Bertz CT molecular complexity index is 107. The molecule has 3 nitrogen and oxygen atoms in total. The van der Waals surface area contributed by atoms with Gasteiger partial charge in [0, 0.05) is 6.54 Å². The van der Waals surface area contributed by atoms with E-state index in [2.05, 4.69) is 12.2 Å². The summed E-state index contributed by atoms with van der Waals surface area (Å²) in [5.74, 6) is -0.0616. The summed E-state index contributed by atoms with van der Waals surface area (Å²) < 4.78 is 0. The molecule has 1 atom stereocenters. The summed E-state index contributed by atoms with van der Waals surface area (Å²) >= 11 is 0. The first-order valence-electron chi connectivity index (χ1n) is 3.71. The first-order valence-corrected chi connectivity index (χ1v) is 3.71. The van der Waals surface area contributed by atoms with E-state index in [0.717, 1.165) is 19.4 Å². The van der Waals surface area contributed by atoms with Crippen molar-refractivity contribution >= 4 is 18.3 Å². The van der Waals surface area contributed by atoms with Crippen LogP contribution in [0, 0.1) is 0 Å². The van der Waals surface area contributed by atoms with Crippen LogP contribution < -0.4 is 11.1 Å². The highest BCUT2D eigenvalue weighted by Gasteiger charge is 2.03. The number of halogens is 1. The molecule has 0 aliphatic rings. The molecule has 0 aliphatic heterocycles. The fraction of sp³-hybridized carbons (Fsp3) is 0.857. The third-order valence-electron chi connectivity index (χ3n) is 1.24. The number of hydrogen-bond acceptors (Lipinski definition) is 2. The number of carbonyl (C=O) groups is 1. The molecule has 0 aromatic rings. The lowest BCUT2D eigenvalue weighted by molar-refractivity contribution is -0.121. The van der Waals surface area contributed by atoms with Crippen LogP contribution in [0.15, 0.2) is 0 Å². The molecule has 0 radical (unpaired) electrons. The Labute approximate surface area is 74.1 Å². The number of rotatable bonds is 4. The summed E-state index contributed by atoms with van der Waals surface area (Å²) in [4.78, 5) is 10.8. The van der Waals surface area contributed by atoms with Crippen LogP contribution in [0.3, 0.4) is 0 Å². The van der Waals surface area contributed by atoms with E-state index in [-0.39, 0.29) is 24.4 Å². The van der Waals surface area contributed by atoms with E-state index in [1.807, 2.05) is 0 Å². The van der Waals surface area contributed by atoms with E-state index >= 15 is 0 Å². The van der Waals surface area contributed by atoms with Crippen LogP contribution in [-0.2, 0) is 4.79 Å². The van der Waals surface area contributed by atoms with Gasteiger partial charge in [-0.3, -0.25) is 4.79 Å². The molecule has 0 heterocycles. The zero-order valence-corrected chi connectivity index (χ0v) is 7.91. The van der Waals surface area contributed by atoms with Crippen LogP contribution in [0.5, 0.6) is 0 Å². The Balaban J connectivity index is 0. The van der Waals surface area contributed by atoms with Crippen molar-refractivity contribution in [1.29, 1.82) is 0 Å². The largest absolute Gasteiger partial charge is 0.355 e. The van der Waals surface area contributed by atoms with Gasteiger partial charge in [-0.2, -0.15) is 0 Å². The maximum absolute atomic E-state index is 10.8. The van der Waals surface area contributed by atoms with Crippen molar-refractivity contribution in [2.45, 2.75) is 32.7 Å². The van der Waals surface area contributed by atoms with Gasteiger partial charge in [-0.1, -0.05) is 13.3 Å². The molecule has 11 heavy (non-hydrogen) atoms. The summed E-state index contributed by atoms with van der Waals surface area (Å²) in [5, 5.41) is 2.72. The molecule has 0 bridgehead atoms. The second-order valence-electron chi connectivity index (χ2n) is 2.43. The van der Waals surface area contributed by atoms with Gasteiger partial charge in [-0.15, -0.1) is 12.4 Å². The van der Waals surface area contributed by atoms with Gasteiger partial charge in [0.2, 0.25) is 5.91 Å². The molecular weight excluding hydrogens is 164 g/mol. The zero-order valence-electron chi connectivity index (χ0n) is 7.09. The maximum atomic E-state index is 10.8. The average Bonchev–Trinajstić information content (AvgIpc) is 1.88. The van der Waals surface area contributed by atoms with Crippen molar-refractivity contribution < 1.29 is 4.79 Å². The van der Waals surface area contributed by atoms with E-state index in [9.17, 15) is 4.79 Å². The van der Waals surface area contributed by atoms with Crippen LogP contribution in [-0.4, -0.2) is 18.5 Å². The molecule has 0 fully saturated rings. The van der Waals surface area contributed by atoms with Crippen LogP contribution in [0.2, 0.25) is 0 Å². The van der Waals surface area contributed by atoms with Gasteiger partial charge in [-0.05, 0) is 13.3 Å². The lowest BCUT2D eigenvalue weighted by Gasteiger charge is -2.05. The smallest absolute Gasteiger partial charge is 0.236 e. The molecule has 0 saturated heterocycles. The van der Waals surface area contributed by atoms with Crippen molar-refractivity contribution in [3.63, 3.8) is 0 Å². The number of unbranched alkanes of at least 4 members (excludes halogenated alkanes) is 1. The first-order chi connectivity index (χ1) is 4.68. The Morgan fingerprint density at radius 1 is 1.64 bits per heavy atom. The minimum absolute atomic E-state index is 0. The third kappa shape index (κ3) is 7.62. The molecule has 3 N–H and O–H groups in total. The summed E-state index contributed by atoms with van der Waals surface area (Å²) in [6.07, 6.45) is 2.12. The van der Waals surface area contributed by atoms with E-state index in [0.29, 0.717) is 0 Å². The van der Waals surface area contributed by atoms with Crippen molar-refractivity contribution in [3.05, 3.63) is 0 Å². The van der Waals surface area contributed by atoms with Crippen LogP contribution in [0.1, 0.15) is 26.7 Å². The van der Waals surface area contributed by atoms with Crippen molar-refractivity contribution in [1.82, 2.24) is 5.32 Å². The number of amides is 1. The normalized spacial score (nSPS) is 11.5. The third-order valence-corrected chi connectivity index (χ3v) is 1.24. The maximum Gasteiger partial charge on any atom is 0.236 e. The summed E-state index contributed by atoms with van der Waals surface area (Å²) in [6, 6.07) is -0.378. The fourth-order valence-electron chi connectivity index (χ4n) is 0.549. The summed E-state index contributed by atoms with van der Waals surface area (Å²) in [6.45, 7) is 4.51. The van der Waals surface area contributed by atoms with E-state index in [4.69, 9.17) is 5.73 Å². The van der Waals surface area contributed by atoms with Crippen LogP contribution >= 0.6 is 12.4 Å². The van der Waals surface area contributed by atoms with Crippen molar-refractivity contribution in [3.8, 4) is 0 Å². The van der Waals surface area contributed by atoms with E-state index in [1.54, 1.807) is 6.92 Å². The van der Waals surface area contributed by atoms with E-state index < -0.39 is 0 Å². The number of hydrogen-bond donors (Lipinski definition) is 2. The van der Waals surface area contributed by atoms with Gasteiger partial charge in [0.25, 0.3) is 0 Å². The predicted molar refractivity (Wildman–Crippen MR) is 48.8 cm³/mol. The van der Waals surface area contributed by atoms with E-state index in [1.165, 1.54) is 0 Å². The predicted octanol–water partition coefficient (Wildman–Crippen LogP) is 0.672. The fourth-order valence-corrected chi connectivity index (χ4v) is 0.549.